The molecular weight excluding hydrogens is 332 g/mol. The van der Waals surface area contributed by atoms with E-state index in [2.05, 4.69) is 20.4 Å². The Labute approximate surface area is 149 Å². The predicted octanol–water partition coefficient (Wildman–Crippen LogP) is 2.10. The number of nitrogens with zero attached hydrogens (tertiary/aromatic N) is 4. The van der Waals surface area contributed by atoms with E-state index >= 15 is 0 Å². The van der Waals surface area contributed by atoms with Crippen molar-refractivity contribution in [2.24, 2.45) is 10.7 Å². The fourth-order valence-corrected chi connectivity index (χ4v) is 2.37. The van der Waals surface area contributed by atoms with Gasteiger partial charge in [-0.25, -0.2) is 9.50 Å². The number of carbonyl (C=O) groups is 2. The lowest BCUT2D eigenvalue weighted by Crippen LogP contribution is -2.05. The van der Waals surface area contributed by atoms with Gasteiger partial charge in [0.05, 0.1) is 23.3 Å². The number of aromatic nitrogens is 3. The first kappa shape index (κ1) is 17.0. The zero-order chi connectivity index (χ0) is 18.5. The van der Waals surface area contributed by atoms with Crippen molar-refractivity contribution in [1.82, 2.24) is 14.6 Å². The van der Waals surface area contributed by atoms with E-state index in [9.17, 15) is 9.59 Å². The monoisotopic (exact) mass is 348 g/mol. The molecule has 0 radical (unpaired) electrons. The maximum absolute atomic E-state index is 11.2. The Hall–Kier alpha value is -3.81. The minimum atomic E-state index is 0.330. The van der Waals surface area contributed by atoms with Crippen molar-refractivity contribution in [3.63, 3.8) is 0 Å². The molecule has 3 N–H and O–H groups in total. The van der Waals surface area contributed by atoms with Crippen molar-refractivity contribution in [2.45, 2.75) is 0 Å². The lowest BCUT2D eigenvalue weighted by molar-refractivity contribution is 0.111. The van der Waals surface area contributed by atoms with Gasteiger partial charge >= 0.3 is 0 Å². The van der Waals surface area contributed by atoms with Crippen molar-refractivity contribution >= 4 is 41.4 Å². The maximum Gasteiger partial charge on any atom is 0.177 e. The second-order valence-electron chi connectivity index (χ2n) is 5.32. The summed E-state index contributed by atoms with van der Waals surface area (Å²) >= 11 is 0. The molecular formula is C18H16N6O2. The number of nitrogens with two attached hydrogens (primary N) is 1. The van der Waals surface area contributed by atoms with Gasteiger partial charge in [-0.1, -0.05) is 0 Å². The van der Waals surface area contributed by atoms with Crippen LogP contribution >= 0.6 is 0 Å². The summed E-state index contributed by atoms with van der Waals surface area (Å²) in [6.45, 7) is 0. The molecule has 0 spiro atoms. The molecule has 26 heavy (non-hydrogen) atoms. The van der Waals surface area contributed by atoms with Gasteiger partial charge in [0.1, 0.15) is 12.0 Å². The number of anilines is 1. The lowest BCUT2D eigenvalue weighted by Gasteiger charge is -2.07. The second-order valence-corrected chi connectivity index (χ2v) is 5.32. The molecule has 0 aliphatic rings. The maximum atomic E-state index is 11.2. The molecule has 0 atom stereocenters. The van der Waals surface area contributed by atoms with E-state index in [0.717, 1.165) is 6.29 Å². The van der Waals surface area contributed by atoms with Gasteiger partial charge in [-0.15, -0.1) is 0 Å². The molecule has 1 aromatic carbocycles. The number of hydrogen-bond donors (Lipinski definition) is 2. The number of nitrogens with one attached hydrogen (secondary N) is 1. The van der Waals surface area contributed by atoms with Gasteiger partial charge < -0.3 is 11.1 Å². The van der Waals surface area contributed by atoms with E-state index < -0.39 is 0 Å². The molecule has 0 saturated carbocycles. The van der Waals surface area contributed by atoms with E-state index in [-0.39, 0.29) is 0 Å². The highest BCUT2D eigenvalue weighted by atomic mass is 16.1. The third kappa shape index (κ3) is 3.20. The Balaban J connectivity index is 2.00. The van der Waals surface area contributed by atoms with Crippen LogP contribution in [0.2, 0.25) is 0 Å². The van der Waals surface area contributed by atoms with Crippen LogP contribution in [0.25, 0.3) is 11.2 Å². The predicted molar refractivity (Wildman–Crippen MR) is 100 cm³/mol. The van der Waals surface area contributed by atoms with E-state index in [1.165, 1.54) is 16.9 Å². The highest BCUT2D eigenvalue weighted by Gasteiger charge is 2.12. The summed E-state index contributed by atoms with van der Waals surface area (Å²) in [5, 5.41) is 7.45. The zero-order valence-corrected chi connectivity index (χ0v) is 14.0. The molecule has 0 aliphatic carbocycles. The molecule has 0 unspecified atom stereocenters. The summed E-state index contributed by atoms with van der Waals surface area (Å²) in [4.78, 5) is 30.4. The fraction of sp³-hybridized carbons (Fsp3) is 0.0556. The van der Waals surface area contributed by atoms with E-state index in [1.54, 1.807) is 43.6 Å². The number of aldehydes is 2. The zero-order valence-electron chi connectivity index (χ0n) is 14.0. The Kier molecular flexibility index (Phi) is 4.84. The molecule has 0 fully saturated rings. The van der Waals surface area contributed by atoms with E-state index in [1.807, 2.05) is 0 Å². The summed E-state index contributed by atoms with van der Waals surface area (Å²) in [5.41, 5.74) is 9.64. The number of hydrogen-bond acceptors (Lipinski definition) is 7. The molecule has 2 aromatic heterocycles. The van der Waals surface area contributed by atoms with Crippen LogP contribution in [0.4, 0.5) is 11.4 Å². The van der Waals surface area contributed by atoms with Crippen LogP contribution in [-0.2, 0) is 0 Å². The Morgan fingerprint density at radius 3 is 2.62 bits per heavy atom. The van der Waals surface area contributed by atoms with Gasteiger partial charge in [0.15, 0.2) is 11.9 Å². The van der Waals surface area contributed by atoms with Crippen LogP contribution in [0.5, 0.6) is 0 Å². The van der Waals surface area contributed by atoms with Gasteiger partial charge in [0.25, 0.3) is 0 Å². The van der Waals surface area contributed by atoms with Crippen molar-refractivity contribution in [3.05, 3.63) is 59.7 Å². The topological polar surface area (TPSA) is 115 Å². The number of allylic oxidation sites excluding steroid dienone is 1. The number of rotatable bonds is 6. The van der Waals surface area contributed by atoms with Crippen molar-refractivity contribution in [1.29, 1.82) is 0 Å². The van der Waals surface area contributed by atoms with Crippen LogP contribution in [0, 0.1) is 0 Å². The molecule has 0 saturated heterocycles. The average Bonchev–Trinajstić information content (AvgIpc) is 3.11. The highest BCUT2D eigenvalue weighted by Crippen LogP contribution is 2.21. The van der Waals surface area contributed by atoms with Crippen LogP contribution in [-0.4, -0.2) is 40.4 Å². The first-order valence-electron chi connectivity index (χ1n) is 7.73. The Bertz CT molecular complexity index is 1020. The van der Waals surface area contributed by atoms with Crippen molar-refractivity contribution in [3.8, 4) is 0 Å². The third-order valence-corrected chi connectivity index (χ3v) is 3.74. The van der Waals surface area contributed by atoms with Crippen molar-refractivity contribution < 1.29 is 9.59 Å². The first-order valence-corrected chi connectivity index (χ1v) is 7.73. The van der Waals surface area contributed by atoms with Gasteiger partial charge in [-0.2, -0.15) is 5.10 Å². The quantitative estimate of drug-likeness (QED) is 0.521. The fourth-order valence-electron chi connectivity index (χ4n) is 2.37. The summed E-state index contributed by atoms with van der Waals surface area (Å²) in [6, 6.07) is 8.58. The standard InChI is InChI=1S/C18H16N6O2/c1-20-17-6-16(23-24-15(11-26)9-22-18(17)24)13(7-19)8-21-14-4-2-12(10-25)3-5-14/h2-11,20H,19H2,1H3/b13-7+,21-8?. The summed E-state index contributed by atoms with van der Waals surface area (Å²) < 4.78 is 1.45. The minimum Gasteiger partial charge on any atom is -0.404 e. The van der Waals surface area contributed by atoms with Crippen LogP contribution in [0.1, 0.15) is 26.5 Å². The summed E-state index contributed by atoms with van der Waals surface area (Å²) in [6.07, 6.45) is 5.86. The van der Waals surface area contributed by atoms with Crippen LogP contribution in [0.3, 0.4) is 0 Å². The minimum absolute atomic E-state index is 0.330. The van der Waals surface area contributed by atoms with Gasteiger partial charge in [-0.3, -0.25) is 14.6 Å². The normalized spacial score (nSPS) is 11.8. The largest absolute Gasteiger partial charge is 0.404 e. The smallest absolute Gasteiger partial charge is 0.177 e. The number of aliphatic imine (C=N–C) groups is 1. The molecule has 2 heterocycles. The Morgan fingerprint density at radius 2 is 2.00 bits per heavy atom. The lowest BCUT2D eigenvalue weighted by atomic mass is 10.2. The second kappa shape index (κ2) is 7.39. The van der Waals surface area contributed by atoms with Crippen molar-refractivity contribution in [2.75, 3.05) is 12.4 Å². The molecule has 0 bridgehead atoms. The number of benzene rings is 1. The molecule has 3 rings (SSSR count). The highest BCUT2D eigenvalue weighted by molar-refractivity contribution is 6.10. The molecule has 0 amide bonds. The first-order chi connectivity index (χ1) is 12.7. The molecule has 130 valence electrons. The molecule has 8 heteroatoms. The summed E-state index contributed by atoms with van der Waals surface area (Å²) in [7, 11) is 1.75. The van der Waals surface area contributed by atoms with Crippen LogP contribution in [0.15, 0.2) is 47.7 Å². The molecule has 3 aromatic rings. The SMILES string of the molecule is CNc1cc(/C(C=Nc2ccc(C=O)cc2)=C/N)nn2c(C=O)cnc12. The van der Waals surface area contributed by atoms with E-state index in [0.29, 0.717) is 45.8 Å². The molecule has 0 aliphatic heterocycles. The number of fused-ring (bicyclic) bond motifs is 1. The Morgan fingerprint density at radius 1 is 1.23 bits per heavy atom. The summed E-state index contributed by atoms with van der Waals surface area (Å²) in [5.74, 6) is 0. The van der Waals surface area contributed by atoms with Gasteiger partial charge in [0.2, 0.25) is 0 Å². The number of carbonyl (C=O) groups excluding carboxylic acids is 2. The van der Waals surface area contributed by atoms with Gasteiger partial charge in [-0.05, 0) is 30.3 Å². The van der Waals surface area contributed by atoms with Gasteiger partial charge in [0, 0.05) is 30.6 Å². The third-order valence-electron chi connectivity index (χ3n) is 3.74. The van der Waals surface area contributed by atoms with E-state index in [4.69, 9.17) is 5.73 Å². The van der Waals surface area contributed by atoms with Crippen LogP contribution < -0.4 is 11.1 Å². The average molecular weight is 348 g/mol. The molecule has 8 nitrogen and oxygen atoms in total. The number of imidazole rings is 1.